The zero-order valence-electron chi connectivity index (χ0n) is 13.9. The minimum Gasteiger partial charge on any atom is -0.444 e. The van der Waals surface area contributed by atoms with E-state index in [4.69, 9.17) is 16.3 Å². The summed E-state index contributed by atoms with van der Waals surface area (Å²) >= 11 is 6.00. The van der Waals surface area contributed by atoms with Gasteiger partial charge in [-0.2, -0.15) is 0 Å². The molecule has 1 atom stereocenters. The second kappa shape index (κ2) is 6.32. The number of carbonyl (C=O) groups excluding carboxylic acids is 1. The summed E-state index contributed by atoms with van der Waals surface area (Å²) in [6, 6.07) is 2.01. The molecular formula is C16H24ClN3O2. The third kappa shape index (κ3) is 3.83. The van der Waals surface area contributed by atoms with Crippen molar-refractivity contribution in [2.75, 3.05) is 18.5 Å². The van der Waals surface area contributed by atoms with Gasteiger partial charge in [-0.05, 0) is 52.2 Å². The molecule has 1 aliphatic rings. The predicted octanol–water partition coefficient (Wildman–Crippen LogP) is 3.84. The van der Waals surface area contributed by atoms with Crippen molar-refractivity contribution in [3.05, 3.63) is 23.0 Å². The van der Waals surface area contributed by atoms with E-state index in [-0.39, 0.29) is 12.3 Å². The highest BCUT2D eigenvalue weighted by atomic mass is 35.5. The quantitative estimate of drug-likeness (QED) is 0.775. The van der Waals surface area contributed by atoms with E-state index in [9.17, 15) is 4.79 Å². The fraction of sp³-hybridized carbons (Fsp3) is 0.625. The summed E-state index contributed by atoms with van der Waals surface area (Å²) < 4.78 is 5.46. The Bertz CT molecular complexity index is 557. The minimum atomic E-state index is -0.493. The van der Waals surface area contributed by atoms with Crippen molar-refractivity contribution in [3.8, 4) is 0 Å². The van der Waals surface area contributed by atoms with Gasteiger partial charge < -0.3 is 9.64 Å². The molecule has 1 fully saturated rings. The van der Waals surface area contributed by atoms with Crippen LogP contribution in [0.15, 0.2) is 12.3 Å². The molecule has 122 valence electrons. The Morgan fingerprint density at radius 3 is 2.77 bits per heavy atom. The first kappa shape index (κ1) is 16.9. The number of rotatable bonds is 2. The largest absolute Gasteiger partial charge is 0.444 e. The maximum Gasteiger partial charge on any atom is 0.411 e. The third-order valence-corrected chi connectivity index (χ3v) is 4.08. The standard InChI is InChI=1S/C16H24ClN3O2/c1-11-9-12(10-18-14(11)17)20-8-6-7-13(20)19(5)15(21)22-16(2,3)4/h9-10,13H,6-8H2,1-5H3. The lowest BCUT2D eigenvalue weighted by Crippen LogP contribution is -2.47. The number of pyridine rings is 1. The molecule has 0 spiro atoms. The molecule has 1 unspecified atom stereocenters. The summed E-state index contributed by atoms with van der Waals surface area (Å²) in [6.07, 6.45) is 3.38. The second-order valence-electron chi connectivity index (χ2n) is 6.71. The van der Waals surface area contributed by atoms with Crippen LogP contribution in [0.3, 0.4) is 0 Å². The van der Waals surface area contributed by atoms with E-state index in [1.54, 1.807) is 18.1 Å². The first-order valence-corrected chi connectivity index (χ1v) is 7.91. The normalized spacial score (nSPS) is 18.5. The number of hydrogen-bond acceptors (Lipinski definition) is 4. The number of hydrogen-bond donors (Lipinski definition) is 0. The molecule has 0 aliphatic carbocycles. The Kier molecular flexibility index (Phi) is 4.85. The van der Waals surface area contributed by atoms with Gasteiger partial charge in [0.25, 0.3) is 0 Å². The number of anilines is 1. The van der Waals surface area contributed by atoms with Crippen LogP contribution >= 0.6 is 11.6 Å². The molecule has 1 aliphatic heterocycles. The number of amides is 1. The average molecular weight is 326 g/mol. The van der Waals surface area contributed by atoms with E-state index in [1.807, 2.05) is 33.8 Å². The molecule has 5 nitrogen and oxygen atoms in total. The number of nitrogens with zero attached hydrogens (tertiary/aromatic N) is 3. The van der Waals surface area contributed by atoms with E-state index in [1.165, 1.54) is 0 Å². The molecule has 0 bridgehead atoms. The highest BCUT2D eigenvalue weighted by Gasteiger charge is 2.33. The van der Waals surface area contributed by atoms with Gasteiger partial charge in [0, 0.05) is 13.6 Å². The molecule has 6 heteroatoms. The van der Waals surface area contributed by atoms with E-state index >= 15 is 0 Å². The van der Waals surface area contributed by atoms with Crippen LogP contribution in [0.5, 0.6) is 0 Å². The molecule has 0 N–H and O–H groups in total. The lowest BCUT2D eigenvalue weighted by Gasteiger charge is -2.35. The highest BCUT2D eigenvalue weighted by molar-refractivity contribution is 6.30. The number of aryl methyl sites for hydroxylation is 1. The van der Waals surface area contributed by atoms with Crippen LogP contribution in [0.25, 0.3) is 0 Å². The first-order chi connectivity index (χ1) is 10.2. The average Bonchev–Trinajstić information content (AvgIpc) is 2.88. The van der Waals surface area contributed by atoms with Gasteiger partial charge in [-0.3, -0.25) is 4.90 Å². The highest BCUT2D eigenvalue weighted by Crippen LogP contribution is 2.29. The van der Waals surface area contributed by atoms with Gasteiger partial charge in [0.2, 0.25) is 0 Å². The Morgan fingerprint density at radius 2 is 2.18 bits per heavy atom. The molecule has 2 heterocycles. The van der Waals surface area contributed by atoms with Gasteiger partial charge in [-0.15, -0.1) is 0 Å². The van der Waals surface area contributed by atoms with Gasteiger partial charge in [0.15, 0.2) is 0 Å². The second-order valence-corrected chi connectivity index (χ2v) is 7.07. The van der Waals surface area contributed by atoms with E-state index in [0.29, 0.717) is 5.15 Å². The molecule has 0 saturated carbocycles. The van der Waals surface area contributed by atoms with E-state index in [2.05, 4.69) is 9.88 Å². The van der Waals surface area contributed by atoms with Crippen LogP contribution in [0.2, 0.25) is 5.15 Å². The minimum absolute atomic E-state index is 0.0165. The third-order valence-electron chi connectivity index (χ3n) is 3.68. The maximum atomic E-state index is 12.3. The van der Waals surface area contributed by atoms with Gasteiger partial charge >= 0.3 is 6.09 Å². The lowest BCUT2D eigenvalue weighted by atomic mass is 10.2. The zero-order chi connectivity index (χ0) is 16.5. The summed E-state index contributed by atoms with van der Waals surface area (Å²) in [6.45, 7) is 8.44. The van der Waals surface area contributed by atoms with Crippen LogP contribution in [0.1, 0.15) is 39.2 Å². The molecule has 0 radical (unpaired) electrons. The molecule has 1 amide bonds. The van der Waals surface area contributed by atoms with Crippen LogP contribution in [-0.4, -0.2) is 41.3 Å². The number of carbonyl (C=O) groups is 1. The van der Waals surface area contributed by atoms with Gasteiger partial charge in [0.1, 0.15) is 16.9 Å². The Balaban J connectivity index is 2.16. The molecule has 1 aromatic heterocycles. The molecular weight excluding hydrogens is 302 g/mol. The summed E-state index contributed by atoms with van der Waals surface area (Å²) in [7, 11) is 1.78. The van der Waals surface area contributed by atoms with Crippen molar-refractivity contribution in [1.82, 2.24) is 9.88 Å². The van der Waals surface area contributed by atoms with Crippen LogP contribution in [0, 0.1) is 6.92 Å². The summed E-state index contributed by atoms with van der Waals surface area (Å²) in [4.78, 5) is 20.3. The molecule has 2 rings (SSSR count). The summed E-state index contributed by atoms with van der Waals surface area (Å²) in [5, 5.41) is 0.514. The van der Waals surface area contributed by atoms with Crippen LogP contribution < -0.4 is 4.90 Å². The van der Waals surface area contributed by atoms with Crippen LogP contribution in [0.4, 0.5) is 10.5 Å². The van der Waals surface area contributed by atoms with Crippen molar-refractivity contribution in [2.24, 2.45) is 0 Å². The number of ether oxygens (including phenoxy) is 1. The van der Waals surface area contributed by atoms with Crippen LogP contribution in [-0.2, 0) is 4.74 Å². The van der Waals surface area contributed by atoms with Crippen molar-refractivity contribution in [1.29, 1.82) is 0 Å². The topological polar surface area (TPSA) is 45.7 Å². The first-order valence-electron chi connectivity index (χ1n) is 7.53. The van der Waals surface area contributed by atoms with Crippen molar-refractivity contribution < 1.29 is 9.53 Å². The van der Waals surface area contributed by atoms with Crippen molar-refractivity contribution in [2.45, 2.75) is 52.3 Å². The van der Waals surface area contributed by atoms with Gasteiger partial charge in [-0.1, -0.05) is 11.6 Å². The maximum absolute atomic E-state index is 12.3. The molecule has 0 aromatic carbocycles. The van der Waals surface area contributed by atoms with E-state index < -0.39 is 5.60 Å². The lowest BCUT2D eigenvalue weighted by molar-refractivity contribution is 0.0229. The fourth-order valence-electron chi connectivity index (χ4n) is 2.61. The molecule has 22 heavy (non-hydrogen) atoms. The zero-order valence-corrected chi connectivity index (χ0v) is 14.6. The van der Waals surface area contributed by atoms with Gasteiger partial charge in [-0.25, -0.2) is 9.78 Å². The fourth-order valence-corrected chi connectivity index (χ4v) is 2.71. The summed E-state index contributed by atoms with van der Waals surface area (Å²) in [5.74, 6) is 0. The Labute approximate surface area is 137 Å². The monoisotopic (exact) mass is 325 g/mol. The number of aromatic nitrogens is 1. The Hall–Kier alpha value is -1.49. The summed E-state index contributed by atoms with van der Waals surface area (Å²) in [5.41, 5.74) is 1.43. The van der Waals surface area contributed by atoms with Gasteiger partial charge in [0.05, 0.1) is 11.9 Å². The molecule has 1 saturated heterocycles. The van der Waals surface area contributed by atoms with Crippen molar-refractivity contribution in [3.63, 3.8) is 0 Å². The Morgan fingerprint density at radius 1 is 1.50 bits per heavy atom. The van der Waals surface area contributed by atoms with E-state index in [0.717, 1.165) is 30.6 Å². The predicted molar refractivity (Wildman–Crippen MR) is 88.3 cm³/mol. The SMILES string of the molecule is Cc1cc(N2CCCC2N(C)C(=O)OC(C)(C)C)cnc1Cl. The molecule has 1 aromatic rings. The smallest absolute Gasteiger partial charge is 0.411 e. The van der Waals surface area contributed by atoms with Crippen molar-refractivity contribution >= 4 is 23.4 Å². The number of halogens is 1.